The molecule has 0 spiro atoms. The van der Waals surface area contributed by atoms with Crippen LogP contribution in [0.25, 0.3) is 71.3 Å². The number of aromatic nitrogens is 1. The maximum atomic E-state index is 2.44. The molecule has 0 aliphatic rings. The van der Waals surface area contributed by atoms with Crippen molar-refractivity contribution in [3.63, 3.8) is 0 Å². The van der Waals surface area contributed by atoms with Gasteiger partial charge in [-0.15, -0.1) is 0 Å². The molecule has 0 fully saturated rings. The summed E-state index contributed by atoms with van der Waals surface area (Å²) in [5, 5.41) is 13.0. The van der Waals surface area contributed by atoms with E-state index in [1.165, 1.54) is 80.8 Å². The van der Waals surface area contributed by atoms with Gasteiger partial charge in [0.2, 0.25) is 0 Å². The van der Waals surface area contributed by atoms with Gasteiger partial charge in [0.1, 0.15) is 0 Å². The summed E-state index contributed by atoms with van der Waals surface area (Å²) >= 11 is 0. The number of anilines is 3. The largest absolute Gasteiger partial charge is 0.310 e. The van der Waals surface area contributed by atoms with Crippen LogP contribution < -0.4 is 25.6 Å². The van der Waals surface area contributed by atoms with Crippen molar-refractivity contribution in [3.8, 4) is 27.9 Å². The van der Waals surface area contributed by atoms with E-state index >= 15 is 0 Å². The second-order valence-corrected chi connectivity index (χ2v) is 22.2. The topological polar surface area (TPSA) is 8.17 Å². The highest BCUT2D eigenvalue weighted by atomic mass is 28.3. The maximum absolute atomic E-state index is 2.64. The molecule has 13 aromatic rings. The van der Waals surface area contributed by atoms with Crippen LogP contribution in [0.4, 0.5) is 17.1 Å². The van der Waals surface area contributed by atoms with E-state index in [0.29, 0.717) is 0 Å². The minimum absolute atomic E-state index is 1.09. The smallest absolute Gasteiger partial charge is 0.179 e. The van der Waals surface area contributed by atoms with Crippen LogP contribution in [0.15, 0.2) is 291 Å². The zero-order valence-electron chi connectivity index (χ0n) is 39.1. The molecule has 71 heavy (non-hydrogen) atoms. The fourth-order valence-electron chi connectivity index (χ4n) is 11.2. The van der Waals surface area contributed by atoms with Gasteiger partial charge in [-0.2, -0.15) is 0 Å². The Bertz CT molecular complexity index is 3900. The summed E-state index contributed by atoms with van der Waals surface area (Å²) in [4.78, 5) is 2.44. The molecule has 0 aliphatic carbocycles. The van der Waals surface area contributed by atoms with Gasteiger partial charge in [0.15, 0.2) is 8.07 Å². The van der Waals surface area contributed by atoms with Gasteiger partial charge in [-0.1, -0.05) is 231 Å². The molecule has 0 N–H and O–H groups in total. The van der Waals surface area contributed by atoms with Crippen molar-refractivity contribution in [3.05, 3.63) is 291 Å². The zero-order valence-corrected chi connectivity index (χ0v) is 40.1. The minimum atomic E-state index is -2.64. The van der Waals surface area contributed by atoms with Gasteiger partial charge in [-0.3, -0.25) is 0 Å². The van der Waals surface area contributed by atoms with Crippen LogP contribution in [0.5, 0.6) is 0 Å². The molecule has 0 atom stereocenters. The third kappa shape index (κ3) is 7.26. The standard InChI is InChI=1S/C68H48N2Si/c1-5-19-55(20-6-1)70-65-29-16-15-28-64(65)68-66(30-17-31-67(68)70)69(57-43-36-51(37-44-57)53-40-47-63-54(48-53)33-32-52-18-13-14-27-62(52)63)56-41-34-49(35-42-56)50-38-45-61(46-39-50)71(58-21-7-2-8-22-58,59-23-9-3-10-24-59)60-25-11-4-12-26-60/h1-48H. The maximum Gasteiger partial charge on any atom is 0.179 e. The monoisotopic (exact) mass is 920 g/mol. The van der Waals surface area contributed by atoms with Crippen LogP contribution in [0.2, 0.25) is 0 Å². The van der Waals surface area contributed by atoms with Crippen LogP contribution in [-0.4, -0.2) is 12.6 Å². The summed E-state index contributed by atoms with van der Waals surface area (Å²) in [5.41, 5.74) is 11.5. The minimum Gasteiger partial charge on any atom is -0.310 e. The Labute approximate surface area is 415 Å². The first-order valence-corrected chi connectivity index (χ1v) is 26.5. The summed E-state index contributed by atoms with van der Waals surface area (Å²) < 4.78 is 2.40. The van der Waals surface area contributed by atoms with E-state index in [1.54, 1.807) is 0 Å². The first kappa shape index (κ1) is 42.1. The molecule has 0 amide bonds. The third-order valence-corrected chi connectivity index (χ3v) is 19.3. The van der Waals surface area contributed by atoms with Gasteiger partial charge < -0.3 is 9.47 Å². The molecule has 0 saturated heterocycles. The second kappa shape index (κ2) is 17.8. The quantitative estimate of drug-likeness (QED) is 0.0754. The molecule has 1 aromatic heterocycles. The van der Waals surface area contributed by atoms with Gasteiger partial charge in [0, 0.05) is 27.8 Å². The van der Waals surface area contributed by atoms with E-state index in [2.05, 4.69) is 301 Å². The fraction of sp³-hybridized carbons (Fsp3) is 0. The first-order chi connectivity index (χ1) is 35.2. The zero-order chi connectivity index (χ0) is 47.1. The summed E-state index contributed by atoms with van der Waals surface area (Å²) in [7, 11) is -2.64. The SMILES string of the molecule is c1ccc(-n2c3ccccc3c3c(N(c4ccc(-c5ccc([Si](c6ccccc6)(c6ccccc6)c6ccccc6)cc5)cc4)c4ccc(-c5ccc6c(ccc7ccccc76)c5)cc4)cccc32)cc1. The average Bonchev–Trinajstić information content (AvgIpc) is 3.80. The Morgan fingerprint density at radius 1 is 0.282 bits per heavy atom. The summed E-state index contributed by atoms with van der Waals surface area (Å²) in [5.74, 6) is 0. The van der Waals surface area contributed by atoms with Gasteiger partial charge >= 0.3 is 0 Å². The highest BCUT2D eigenvalue weighted by molar-refractivity contribution is 7.19. The van der Waals surface area contributed by atoms with Crippen molar-refractivity contribution >= 4 is 89.2 Å². The molecule has 0 aliphatic heterocycles. The lowest BCUT2D eigenvalue weighted by Gasteiger charge is -2.34. The molecule has 1 heterocycles. The lowest BCUT2D eigenvalue weighted by atomic mass is 9.97. The van der Waals surface area contributed by atoms with E-state index < -0.39 is 8.07 Å². The Morgan fingerprint density at radius 2 is 0.718 bits per heavy atom. The molecule has 0 radical (unpaired) electrons. The predicted octanol–water partition coefficient (Wildman–Crippen LogP) is 15.3. The predicted molar refractivity (Wildman–Crippen MR) is 305 cm³/mol. The summed E-state index contributed by atoms with van der Waals surface area (Å²) in [6, 6.07) is 107. The van der Waals surface area contributed by atoms with E-state index in [1.807, 2.05) is 0 Å². The summed E-state index contributed by atoms with van der Waals surface area (Å²) in [6.07, 6.45) is 0. The molecule has 0 unspecified atom stereocenters. The molecular formula is C68H48N2Si. The van der Waals surface area contributed by atoms with Crippen LogP contribution in [0.3, 0.4) is 0 Å². The van der Waals surface area contributed by atoms with Crippen molar-refractivity contribution in [2.75, 3.05) is 4.90 Å². The van der Waals surface area contributed by atoms with Gasteiger partial charge in [-0.05, 0) is 125 Å². The van der Waals surface area contributed by atoms with Crippen LogP contribution >= 0.6 is 0 Å². The van der Waals surface area contributed by atoms with E-state index in [-0.39, 0.29) is 0 Å². The third-order valence-electron chi connectivity index (χ3n) is 14.5. The number of rotatable bonds is 10. The lowest BCUT2D eigenvalue weighted by molar-refractivity contribution is 1.18. The molecule has 3 heteroatoms. The molecule has 334 valence electrons. The second-order valence-electron chi connectivity index (χ2n) is 18.4. The highest BCUT2D eigenvalue weighted by Crippen LogP contribution is 2.44. The Balaban J connectivity index is 0.925. The normalized spacial score (nSPS) is 11.7. The highest BCUT2D eigenvalue weighted by Gasteiger charge is 2.41. The molecule has 12 aromatic carbocycles. The molecule has 13 rings (SSSR count). The lowest BCUT2D eigenvalue weighted by Crippen LogP contribution is -2.74. The Hall–Kier alpha value is -9.02. The number of nitrogens with zero attached hydrogens (tertiary/aromatic N) is 2. The Morgan fingerprint density at radius 3 is 1.32 bits per heavy atom. The number of hydrogen-bond donors (Lipinski definition) is 0. The van der Waals surface area contributed by atoms with Crippen molar-refractivity contribution in [1.82, 2.24) is 4.57 Å². The average molecular weight is 921 g/mol. The molecular weight excluding hydrogens is 873 g/mol. The number of fused-ring (bicyclic) bond motifs is 6. The van der Waals surface area contributed by atoms with E-state index in [9.17, 15) is 0 Å². The van der Waals surface area contributed by atoms with Gasteiger partial charge in [0.05, 0.1) is 16.7 Å². The number of para-hydroxylation sites is 2. The summed E-state index contributed by atoms with van der Waals surface area (Å²) in [6.45, 7) is 0. The van der Waals surface area contributed by atoms with Crippen molar-refractivity contribution in [1.29, 1.82) is 0 Å². The molecule has 2 nitrogen and oxygen atoms in total. The van der Waals surface area contributed by atoms with Crippen molar-refractivity contribution in [2.24, 2.45) is 0 Å². The molecule has 0 bridgehead atoms. The van der Waals surface area contributed by atoms with Crippen LogP contribution in [0, 0.1) is 0 Å². The van der Waals surface area contributed by atoms with Crippen LogP contribution in [0.1, 0.15) is 0 Å². The Kier molecular flexibility index (Phi) is 10.6. The fourth-order valence-corrected chi connectivity index (χ4v) is 16.0. The first-order valence-electron chi connectivity index (χ1n) is 24.5. The van der Waals surface area contributed by atoms with Gasteiger partial charge in [-0.25, -0.2) is 0 Å². The van der Waals surface area contributed by atoms with E-state index in [4.69, 9.17) is 0 Å². The number of hydrogen-bond acceptors (Lipinski definition) is 1. The van der Waals surface area contributed by atoms with Gasteiger partial charge in [0.25, 0.3) is 0 Å². The van der Waals surface area contributed by atoms with E-state index in [0.717, 1.165) is 28.3 Å². The molecule has 0 saturated carbocycles. The van der Waals surface area contributed by atoms with Crippen molar-refractivity contribution < 1.29 is 0 Å². The number of benzene rings is 12. The van der Waals surface area contributed by atoms with Crippen LogP contribution in [-0.2, 0) is 0 Å². The van der Waals surface area contributed by atoms with Crippen molar-refractivity contribution in [2.45, 2.75) is 0 Å².